The minimum Gasteiger partial charge on any atom is -0.465 e. The zero-order chi connectivity index (χ0) is 16.3. The minimum absolute atomic E-state index is 0.0404. The number of hydrogen-bond donors (Lipinski definition) is 0. The third-order valence-electron chi connectivity index (χ3n) is 3.77. The van der Waals surface area contributed by atoms with Gasteiger partial charge in [0.05, 0.1) is 24.3 Å². The van der Waals surface area contributed by atoms with Gasteiger partial charge >= 0.3 is 0 Å². The number of carbonyl (C=O) groups excluding carboxylic acids is 1. The van der Waals surface area contributed by atoms with Crippen LogP contribution in [0.2, 0.25) is 0 Å². The van der Waals surface area contributed by atoms with Crippen molar-refractivity contribution in [3.05, 3.63) is 52.6 Å². The fraction of sp³-hybridized carbons (Fsp3) is 0.312. The number of hydrogen-bond acceptors (Lipinski definition) is 5. The molecule has 1 aliphatic heterocycles. The van der Waals surface area contributed by atoms with E-state index in [1.807, 2.05) is 17.5 Å². The van der Waals surface area contributed by atoms with Crippen LogP contribution >= 0.6 is 11.3 Å². The predicted molar refractivity (Wildman–Crippen MR) is 89.7 cm³/mol. The summed E-state index contributed by atoms with van der Waals surface area (Å²) in [5, 5.41) is 1.95. The van der Waals surface area contributed by atoms with Gasteiger partial charge in [-0.15, -0.1) is 11.3 Å². The van der Waals surface area contributed by atoms with Crippen LogP contribution in [-0.2, 0) is 21.2 Å². The van der Waals surface area contributed by atoms with Crippen molar-refractivity contribution in [2.45, 2.75) is 19.0 Å². The standard InChI is InChI=1S/C16H17NO4S2/c18-16(6-5-14-3-1-8-21-14)17(11-15-4-2-9-22-15)13-7-10-23(19,20)12-13/h1-6,8-9,13H,7,10-12H2/b6-5+/t13-/m1/s1. The van der Waals surface area contributed by atoms with Crippen LogP contribution in [0.4, 0.5) is 0 Å². The molecule has 0 radical (unpaired) electrons. The molecule has 0 spiro atoms. The van der Waals surface area contributed by atoms with E-state index >= 15 is 0 Å². The highest BCUT2D eigenvalue weighted by atomic mass is 32.2. The van der Waals surface area contributed by atoms with Gasteiger partial charge in [-0.25, -0.2) is 8.42 Å². The molecule has 1 saturated heterocycles. The second-order valence-electron chi connectivity index (χ2n) is 5.45. The van der Waals surface area contributed by atoms with Crippen LogP contribution in [0, 0.1) is 0 Å². The molecule has 23 heavy (non-hydrogen) atoms. The van der Waals surface area contributed by atoms with Gasteiger partial charge in [-0.3, -0.25) is 4.79 Å². The van der Waals surface area contributed by atoms with E-state index in [1.54, 1.807) is 34.4 Å². The molecule has 0 unspecified atom stereocenters. The van der Waals surface area contributed by atoms with E-state index in [0.29, 0.717) is 18.7 Å². The van der Waals surface area contributed by atoms with E-state index in [1.165, 1.54) is 12.3 Å². The quantitative estimate of drug-likeness (QED) is 0.777. The van der Waals surface area contributed by atoms with Gasteiger partial charge in [0.1, 0.15) is 5.76 Å². The fourth-order valence-electron chi connectivity index (χ4n) is 2.61. The number of nitrogens with zero attached hydrogens (tertiary/aromatic N) is 1. The van der Waals surface area contributed by atoms with E-state index in [2.05, 4.69) is 0 Å². The lowest BCUT2D eigenvalue weighted by molar-refractivity contribution is -0.128. The van der Waals surface area contributed by atoms with E-state index < -0.39 is 9.84 Å². The van der Waals surface area contributed by atoms with Crippen molar-refractivity contribution in [3.63, 3.8) is 0 Å². The van der Waals surface area contributed by atoms with Gasteiger partial charge in [-0.2, -0.15) is 0 Å². The van der Waals surface area contributed by atoms with Gasteiger partial charge in [-0.1, -0.05) is 6.07 Å². The van der Waals surface area contributed by atoms with Crippen molar-refractivity contribution >= 4 is 33.2 Å². The largest absolute Gasteiger partial charge is 0.465 e. The normalized spacial score (nSPS) is 20.1. The molecule has 3 heterocycles. The SMILES string of the molecule is O=C(/C=C/c1ccco1)N(Cc1cccs1)[C@@H]1CCS(=O)(=O)C1. The highest BCUT2D eigenvalue weighted by Gasteiger charge is 2.34. The van der Waals surface area contributed by atoms with Gasteiger partial charge in [-0.05, 0) is 36.1 Å². The Morgan fingerprint density at radius 3 is 2.87 bits per heavy atom. The molecule has 122 valence electrons. The molecule has 3 rings (SSSR count). The number of sulfone groups is 1. The number of rotatable bonds is 5. The van der Waals surface area contributed by atoms with Crippen molar-refractivity contribution in [3.8, 4) is 0 Å². The summed E-state index contributed by atoms with van der Waals surface area (Å²) in [4.78, 5) is 15.3. The van der Waals surface area contributed by atoms with Crippen LogP contribution in [0.1, 0.15) is 17.1 Å². The zero-order valence-electron chi connectivity index (χ0n) is 12.4. The maximum absolute atomic E-state index is 12.6. The Bertz CT molecular complexity index is 776. The summed E-state index contributed by atoms with van der Waals surface area (Å²) in [6.07, 6.45) is 5.08. The van der Waals surface area contributed by atoms with Gasteiger partial charge in [0.25, 0.3) is 0 Å². The first-order chi connectivity index (χ1) is 11.0. The second kappa shape index (κ2) is 6.72. The first kappa shape index (κ1) is 16.0. The van der Waals surface area contributed by atoms with Gasteiger partial charge in [0, 0.05) is 17.0 Å². The van der Waals surface area contributed by atoms with Crippen LogP contribution in [0.5, 0.6) is 0 Å². The Balaban J connectivity index is 1.78. The van der Waals surface area contributed by atoms with Crippen LogP contribution < -0.4 is 0 Å². The first-order valence-corrected chi connectivity index (χ1v) is 9.98. The molecule has 0 saturated carbocycles. The maximum Gasteiger partial charge on any atom is 0.247 e. The third-order valence-corrected chi connectivity index (χ3v) is 6.38. The van der Waals surface area contributed by atoms with E-state index in [9.17, 15) is 13.2 Å². The van der Waals surface area contributed by atoms with Crippen LogP contribution in [0.3, 0.4) is 0 Å². The van der Waals surface area contributed by atoms with Gasteiger partial charge in [0.15, 0.2) is 9.84 Å². The van der Waals surface area contributed by atoms with Crippen molar-refractivity contribution in [2.24, 2.45) is 0 Å². The Kier molecular flexibility index (Phi) is 4.68. The number of amides is 1. The third kappa shape index (κ3) is 4.11. The minimum atomic E-state index is -3.04. The zero-order valence-corrected chi connectivity index (χ0v) is 14.1. The Morgan fingerprint density at radius 1 is 1.39 bits per heavy atom. The highest BCUT2D eigenvalue weighted by Crippen LogP contribution is 2.22. The summed E-state index contributed by atoms with van der Waals surface area (Å²) in [7, 11) is -3.04. The molecule has 7 heteroatoms. The second-order valence-corrected chi connectivity index (χ2v) is 8.71. The van der Waals surface area contributed by atoms with Crippen LogP contribution in [0.25, 0.3) is 6.08 Å². The van der Waals surface area contributed by atoms with Gasteiger partial charge < -0.3 is 9.32 Å². The lowest BCUT2D eigenvalue weighted by Crippen LogP contribution is -2.39. The smallest absolute Gasteiger partial charge is 0.247 e. The maximum atomic E-state index is 12.6. The lowest BCUT2D eigenvalue weighted by atomic mass is 10.2. The summed E-state index contributed by atoms with van der Waals surface area (Å²) in [6, 6.07) is 7.11. The molecule has 2 aromatic heterocycles. The Morgan fingerprint density at radius 2 is 2.26 bits per heavy atom. The van der Waals surface area contributed by atoms with Crippen molar-refractivity contribution < 1.29 is 17.6 Å². The molecule has 1 amide bonds. The van der Waals surface area contributed by atoms with E-state index in [-0.39, 0.29) is 23.5 Å². The lowest BCUT2D eigenvalue weighted by Gasteiger charge is -2.26. The molecule has 1 atom stereocenters. The summed E-state index contributed by atoms with van der Waals surface area (Å²) in [5.41, 5.74) is 0. The molecule has 2 aromatic rings. The summed E-state index contributed by atoms with van der Waals surface area (Å²) >= 11 is 1.56. The number of carbonyl (C=O) groups is 1. The molecule has 5 nitrogen and oxygen atoms in total. The molecule has 1 fully saturated rings. The fourth-order valence-corrected chi connectivity index (χ4v) is 5.05. The predicted octanol–water partition coefficient (Wildman–Crippen LogP) is 2.57. The Hall–Kier alpha value is -1.86. The molecular weight excluding hydrogens is 334 g/mol. The topological polar surface area (TPSA) is 67.6 Å². The Labute approximate surface area is 139 Å². The van der Waals surface area contributed by atoms with Crippen LogP contribution in [-0.4, -0.2) is 36.8 Å². The average molecular weight is 351 g/mol. The summed E-state index contributed by atoms with van der Waals surface area (Å²) in [5.74, 6) is 0.581. The van der Waals surface area contributed by atoms with Crippen molar-refractivity contribution in [1.29, 1.82) is 0 Å². The number of furan rings is 1. The monoisotopic (exact) mass is 351 g/mol. The van der Waals surface area contributed by atoms with Crippen molar-refractivity contribution in [1.82, 2.24) is 4.90 Å². The average Bonchev–Trinajstić information content (AvgIpc) is 3.24. The van der Waals surface area contributed by atoms with E-state index in [0.717, 1.165) is 4.88 Å². The van der Waals surface area contributed by atoms with E-state index in [4.69, 9.17) is 4.42 Å². The molecule has 0 N–H and O–H groups in total. The van der Waals surface area contributed by atoms with Crippen molar-refractivity contribution in [2.75, 3.05) is 11.5 Å². The molecule has 0 aromatic carbocycles. The highest BCUT2D eigenvalue weighted by molar-refractivity contribution is 7.91. The molecule has 0 aliphatic carbocycles. The number of thiophene rings is 1. The van der Waals surface area contributed by atoms with Crippen LogP contribution in [0.15, 0.2) is 46.4 Å². The van der Waals surface area contributed by atoms with Gasteiger partial charge in [0.2, 0.25) is 5.91 Å². The molecule has 0 bridgehead atoms. The molecule has 1 aliphatic rings. The summed E-state index contributed by atoms with van der Waals surface area (Å²) in [6.45, 7) is 0.430. The first-order valence-electron chi connectivity index (χ1n) is 7.28. The summed E-state index contributed by atoms with van der Waals surface area (Å²) < 4.78 is 28.7. The molecular formula is C16H17NO4S2.